The summed E-state index contributed by atoms with van der Waals surface area (Å²) < 4.78 is 0. The van der Waals surface area contributed by atoms with Crippen LogP contribution in [-0.4, -0.2) is 41.0 Å². The Balaban J connectivity index is 1.48. The highest BCUT2D eigenvalue weighted by atomic mass is 15.1. The summed E-state index contributed by atoms with van der Waals surface area (Å²) in [5, 5.41) is 0. The molecule has 0 saturated carbocycles. The fourth-order valence-electron chi connectivity index (χ4n) is 4.02. The second-order valence-electron chi connectivity index (χ2n) is 7.74. The van der Waals surface area contributed by atoms with Crippen molar-refractivity contribution < 1.29 is 0 Å². The molecule has 0 amide bonds. The third-order valence-corrected chi connectivity index (χ3v) is 5.55. The van der Waals surface area contributed by atoms with Gasteiger partial charge in [-0.1, -0.05) is 37.3 Å². The van der Waals surface area contributed by atoms with Crippen LogP contribution in [0.1, 0.15) is 42.9 Å². The first-order chi connectivity index (χ1) is 12.7. The Morgan fingerprint density at radius 1 is 1.12 bits per heavy atom. The maximum Gasteiger partial charge on any atom is 0.0312 e. The Morgan fingerprint density at radius 2 is 1.92 bits per heavy atom. The molecule has 2 aromatic rings. The SMILES string of the molecule is CCCN(Cc1cccnc1)CC1CCN(Cc2ccccc2C)CC1. The Kier molecular flexibility index (Phi) is 7.22. The summed E-state index contributed by atoms with van der Waals surface area (Å²) in [7, 11) is 0. The standard InChI is InChI=1S/C23H33N3/c1-3-13-26(18-22-8-6-12-24-16-22)17-21-10-14-25(15-11-21)19-23-9-5-4-7-20(23)2/h4-9,12,16,21H,3,10-11,13-15,17-19H2,1-2H3. The van der Waals surface area contributed by atoms with E-state index in [-0.39, 0.29) is 0 Å². The molecule has 1 saturated heterocycles. The molecule has 3 nitrogen and oxygen atoms in total. The maximum absolute atomic E-state index is 4.27. The topological polar surface area (TPSA) is 19.4 Å². The molecule has 3 heteroatoms. The van der Waals surface area contributed by atoms with Gasteiger partial charge >= 0.3 is 0 Å². The summed E-state index contributed by atoms with van der Waals surface area (Å²) in [6.45, 7) is 11.5. The van der Waals surface area contributed by atoms with Gasteiger partial charge in [0.15, 0.2) is 0 Å². The predicted molar refractivity (Wildman–Crippen MR) is 109 cm³/mol. The molecule has 1 aliphatic rings. The number of nitrogens with zero attached hydrogens (tertiary/aromatic N) is 3. The minimum absolute atomic E-state index is 0.825. The highest BCUT2D eigenvalue weighted by Gasteiger charge is 2.21. The molecule has 26 heavy (non-hydrogen) atoms. The summed E-state index contributed by atoms with van der Waals surface area (Å²) in [5.41, 5.74) is 4.23. The molecule has 140 valence electrons. The van der Waals surface area contributed by atoms with Crippen molar-refractivity contribution in [3.63, 3.8) is 0 Å². The van der Waals surface area contributed by atoms with Crippen molar-refractivity contribution in [2.75, 3.05) is 26.2 Å². The van der Waals surface area contributed by atoms with Crippen LogP contribution in [-0.2, 0) is 13.1 Å². The number of hydrogen-bond acceptors (Lipinski definition) is 3. The van der Waals surface area contributed by atoms with Crippen LogP contribution in [0.3, 0.4) is 0 Å². The third kappa shape index (κ3) is 5.65. The van der Waals surface area contributed by atoms with Gasteiger partial charge in [0.2, 0.25) is 0 Å². The van der Waals surface area contributed by atoms with E-state index in [2.05, 4.69) is 59.0 Å². The zero-order valence-corrected chi connectivity index (χ0v) is 16.4. The van der Waals surface area contributed by atoms with Crippen molar-refractivity contribution in [3.05, 3.63) is 65.5 Å². The van der Waals surface area contributed by atoms with Crippen LogP contribution in [0.2, 0.25) is 0 Å². The lowest BCUT2D eigenvalue weighted by Gasteiger charge is -2.35. The Labute approximate surface area is 159 Å². The summed E-state index contributed by atoms with van der Waals surface area (Å²) in [4.78, 5) is 9.52. The number of aromatic nitrogens is 1. The highest BCUT2D eigenvalue weighted by molar-refractivity contribution is 5.25. The van der Waals surface area contributed by atoms with Crippen LogP contribution < -0.4 is 0 Å². The lowest BCUT2D eigenvalue weighted by atomic mass is 9.95. The molecule has 0 aliphatic carbocycles. The molecule has 0 atom stereocenters. The second kappa shape index (κ2) is 9.84. The summed E-state index contributed by atoms with van der Waals surface area (Å²) >= 11 is 0. The van der Waals surface area contributed by atoms with Gasteiger partial charge in [-0.25, -0.2) is 0 Å². The quantitative estimate of drug-likeness (QED) is 0.697. The number of pyridine rings is 1. The fourth-order valence-corrected chi connectivity index (χ4v) is 4.02. The van der Waals surface area contributed by atoms with E-state index in [0.29, 0.717) is 0 Å². The first kappa shape index (κ1) is 19.1. The lowest BCUT2D eigenvalue weighted by molar-refractivity contribution is 0.135. The van der Waals surface area contributed by atoms with Crippen LogP contribution in [0.5, 0.6) is 0 Å². The van der Waals surface area contributed by atoms with Crippen LogP contribution in [0.15, 0.2) is 48.8 Å². The van der Waals surface area contributed by atoms with Gasteiger partial charge in [-0.05, 0) is 74.5 Å². The van der Waals surface area contributed by atoms with Crippen molar-refractivity contribution in [3.8, 4) is 0 Å². The van der Waals surface area contributed by atoms with E-state index in [1.54, 1.807) is 0 Å². The minimum Gasteiger partial charge on any atom is -0.299 e. The zero-order chi connectivity index (χ0) is 18.2. The van der Waals surface area contributed by atoms with Gasteiger partial charge in [-0.2, -0.15) is 0 Å². The molecule has 1 aliphatic heterocycles. The fraction of sp³-hybridized carbons (Fsp3) is 0.522. The molecule has 0 spiro atoms. The van der Waals surface area contributed by atoms with Crippen molar-refractivity contribution >= 4 is 0 Å². The van der Waals surface area contributed by atoms with Crippen molar-refractivity contribution in [1.82, 2.24) is 14.8 Å². The molecule has 0 bridgehead atoms. The van der Waals surface area contributed by atoms with E-state index in [1.807, 2.05) is 18.5 Å². The second-order valence-corrected chi connectivity index (χ2v) is 7.74. The van der Waals surface area contributed by atoms with Gasteiger partial charge in [-0.15, -0.1) is 0 Å². The van der Waals surface area contributed by atoms with Gasteiger partial charge in [0.05, 0.1) is 0 Å². The van der Waals surface area contributed by atoms with Crippen LogP contribution in [0.25, 0.3) is 0 Å². The number of aryl methyl sites for hydroxylation is 1. The normalized spacial score (nSPS) is 16.3. The summed E-state index contributed by atoms with van der Waals surface area (Å²) in [6.07, 6.45) is 7.72. The molecule has 1 fully saturated rings. The predicted octanol–water partition coefficient (Wildman–Crippen LogP) is 4.51. The van der Waals surface area contributed by atoms with Gasteiger partial charge in [0.1, 0.15) is 0 Å². The Hall–Kier alpha value is -1.71. The summed E-state index contributed by atoms with van der Waals surface area (Å²) in [5.74, 6) is 0.825. The van der Waals surface area contributed by atoms with E-state index in [4.69, 9.17) is 0 Å². The van der Waals surface area contributed by atoms with Crippen LogP contribution in [0.4, 0.5) is 0 Å². The molecular formula is C23H33N3. The van der Waals surface area contributed by atoms with Crippen molar-refractivity contribution in [2.24, 2.45) is 5.92 Å². The average Bonchev–Trinajstić information content (AvgIpc) is 2.66. The monoisotopic (exact) mass is 351 g/mol. The number of benzene rings is 1. The van der Waals surface area contributed by atoms with Crippen LogP contribution in [0, 0.1) is 12.8 Å². The number of piperidine rings is 1. The van der Waals surface area contributed by atoms with Crippen LogP contribution >= 0.6 is 0 Å². The first-order valence-electron chi connectivity index (χ1n) is 10.1. The molecular weight excluding hydrogens is 318 g/mol. The first-order valence-corrected chi connectivity index (χ1v) is 10.1. The van der Waals surface area contributed by atoms with Gasteiger partial charge < -0.3 is 0 Å². The van der Waals surface area contributed by atoms with E-state index in [1.165, 1.54) is 62.1 Å². The van der Waals surface area contributed by atoms with Gasteiger partial charge in [0.25, 0.3) is 0 Å². The van der Waals surface area contributed by atoms with E-state index in [9.17, 15) is 0 Å². The third-order valence-electron chi connectivity index (χ3n) is 5.55. The number of hydrogen-bond donors (Lipinski definition) is 0. The molecule has 0 N–H and O–H groups in total. The van der Waals surface area contributed by atoms with E-state index in [0.717, 1.165) is 19.0 Å². The Morgan fingerprint density at radius 3 is 2.62 bits per heavy atom. The van der Waals surface area contributed by atoms with Crippen molar-refractivity contribution in [2.45, 2.75) is 46.2 Å². The van der Waals surface area contributed by atoms with Gasteiger partial charge in [0, 0.05) is 32.0 Å². The summed E-state index contributed by atoms with van der Waals surface area (Å²) in [6, 6.07) is 13.0. The lowest BCUT2D eigenvalue weighted by Crippen LogP contribution is -2.38. The largest absolute Gasteiger partial charge is 0.299 e. The minimum atomic E-state index is 0.825. The maximum atomic E-state index is 4.27. The smallest absolute Gasteiger partial charge is 0.0312 e. The van der Waals surface area contributed by atoms with Crippen molar-refractivity contribution in [1.29, 1.82) is 0 Å². The van der Waals surface area contributed by atoms with Gasteiger partial charge in [-0.3, -0.25) is 14.8 Å². The molecule has 3 rings (SSSR count). The molecule has 1 aromatic heterocycles. The number of likely N-dealkylation sites (tertiary alicyclic amines) is 1. The molecule has 2 heterocycles. The zero-order valence-electron chi connectivity index (χ0n) is 16.4. The molecule has 1 aromatic carbocycles. The molecule has 0 unspecified atom stereocenters. The van der Waals surface area contributed by atoms with E-state index >= 15 is 0 Å². The Bertz CT molecular complexity index is 648. The molecule has 0 radical (unpaired) electrons. The van der Waals surface area contributed by atoms with E-state index < -0.39 is 0 Å². The number of rotatable bonds is 8. The average molecular weight is 352 g/mol. The highest BCUT2D eigenvalue weighted by Crippen LogP contribution is 2.22.